The van der Waals surface area contributed by atoms with Gasteiger partial charge in [-0.2, -0.15) is 0 Å². The van der Waals surface area contributed by atoms with E-state index < -0.39 is 31.3 Å². The minimum atomic E-state index is -1.50. The third-order valence-corrected chi connectivity index (χ3v) is 7.96. The van der Waals surface area contributed by atoms with Gasteiger partial charge in [-0.05, 0) is 25.0 Å². The minimum Gasteiger partial charge on any atom is -0.493 e. The number of amides is 1. The Labute approximate surface area is 256 Å². The molecule has 0 aliphatic heterocycles. The Morgan fingerprint density at radius 1 is 0.571 bits per heavy atom. The van der Waals surface area contributed by atoms with E-state index in [1.165, 1.54) is 103 Å². The molecular formula is C35H63NO6. The van der Waals surface area contributed by atoms with Crippen molar-refractivity contribution in [1.29, 1.82) is 0 Å². The van der Waals surface area contributed by atoms with Crippen molar-refractivity contribution < 1.29 is 29.6 Å². The Hall–Kier alpha value is -1.83. The number of carbonyl (C=O) groups excluding carboxylic acids is 1. The molecule has 0 heterocycles. The molecule has 0 fully saturated rings. The summed E-state index contributed by atoms with van der Waals surface area (Å²) < 4.78 is 12.0. The van der Waals surface area contributed by atoms with Crippen molar-refractivity contribution in [2.75, 3.05) is 33.0 Å². The molecular weight excluding hydrogens is 530 g/mol. The number of aliphatic hydroxyl groups is 3. The van der Waals surface area contributed by atoms with Gasteiger partial charge in [0.15, 0.2) is 0 Å². The highest BCUT2D eigenvalue weighted by molar-refractivity contribution is 5.95. The van der Waals surface area contributed by atoms with Crippen LogP contribution in [0.25, 0.3) is 0 Å². The van der Waals surface area contributed by atoms with Gasteiger partial charge >= 0.3 is 0 Å². The second kappa shape index (κ2) is 25.6. The van der Waals surface area contributed by atoms with E-state index in [1.54, 1.807) is 12.1 Å². The highest BCUT2D eigenvalue weighted by Crippen LogP contribution is 2.25. The zero-order chi connectivity index (χ0) is 30.7. The molecule has 7 nitrogen and oxygen atoms in total. The lowest BCUT2D eigenvalue weighted by Gasteiger charge is -2.28. The second-order valence-corrected chi connectivity index (χ2v) is 12.0. The maximum Gasteiger partial charge on any atom is 0.252 e. The number of hydrogen-bond donors (Lipinski definition) is 4. The van der Waals surface area contributed by atoms with Crippen molar-refractivity contribution in [1.82, 2.24) is 5.32 Å². The SMILES string of the molecule is CCCCCCCCCCCCOc1cc(OCCCCCCCCCCCC)cc(C(=O)NC(CO)(CO)CO)c1. The fourth-order valence-electron chi connectivity index (χ4n) is 5.01. The third-order valence-electron chi connectivity index (χ3n) is 7.96. The van der Waals surface area contributed by atoms with Crippen LogP contribution in [0.15, 0.2) is 18.2 Å². The zero-order valence-corrected chi connectivity index (χ0v) is 27.0. The average molecular weight is 594 g/mol. The van der Waals surface area contributed by atoms with Crippen LogP contribution < -0.4 is 14.8 Å². The first-order valence-electron chi connectivity index (χ1n) is 17.1. The van der Waals surface area contributed by atoms with E-state index in [0.717, 1.165) is 25.7 Å². The van der Waals surface area contributed by atoms with E-state index in [2.05, 4.69) is 19.2 Å². The highest BCUT2D eigenvalue weighted by Gasteiger charge is 2.30. The van der Waals surface area contributed by atoms with Gasteiger partial charge in [0.25, 0.3) is 5.91 Å². The molecule has 0 atom stereocenters. The first-order chi connectivity index (χ1) is 20.5. The summed E-state index contributed by atoms with van der Waals surface area (Å²) in [5.41, 5.74) is -1.20. The van der Waals surface area contributed by atoms with Crippen LogP contribution in [0.1, 0.15) is 153 Å². The van der Waals surface area contributed by atoms with Gasteiger partial charge in [0.05, 0.1) is 33.0 Å². The topological polar surface area (TPSA) is 108 Å². The van der Waals surface area contributed by atoms with Gasteiger partial charge in [-0.3, -0.25) is 4.79 Å². The van der Waals surface area contributed by atoms with Gasteiger partial charge in [0.1, 0.15) is 17.0 Å². The van der Waals surface area contributed by atoms with Crippen molar-refractivity contribution in [2.24, 2.45) is 0 Å². The number of benzene rings is 1. The Morgan fingerprint density at radius 2 is 0.905 bits per heavy atom. The first kappa shape index (κ1) is 38.2. The lowest BCUT2D eigenvalue weighted by Crippen LogP contribution is -2.57. The Balaban J connectivity index is 2.55. The molecule has 0 saturated heterocycles. The summed E-state index contributed by atoms with van der Waals surface area (Å²) >= 11 is 0. The minimum absolute atomic E-state index is 0.299. The molecule has 0 spiro atoms. The van der Waals surface area contributed by atoms with Crippen molar-refractivity contribution >= 4 is 5.91 Å². The normalized spacial score (nSPS) is 11.5. The molecule has 0 bridgehead atoms. The number of hydrogen-bond acceptors (Lipinski definition) is 6. The van der Waals surface area contributed by atoms with Gasteiger partial charge in [-0.25, -0.2) is 0 Å². The van der Waals surface area contributed by atoms with Crippen LogP contribution in [0.2, 0.25) is 0 Å². The summed E-state index contributed by atoms with van der Waals surface area (Å²) in [6, 6.07) is 5.12. The highest BCUT2D eigenvalue weighted by atomic mass is 16.5. The molecule has 7 heteroatoms. The van der Waals surface area contributed by atoms with E-state index in [1.807, 2.05) is 6.07 Å². The molecule has 42 heavy (non-hydrogen) atoms. The molecule has 0 saturated carbocycles. The largest absolute Gasteiger partial charge is 0.493 e. The lowest BCUT2D eigenvalue weighted by molar-refractivity contribution is 0.0375. The molecule has 244 valence electrons. The second-order valence-electron chi connectivity index (χ2n) is 12.0. The van der Waals surface area contributed by atoms with Crippen molar-refractivity contribution in [3.05, 3.63) is 23.8 Å². The zero-order valence-electron chi connectivity index (χ0n) is 27.0. The number of unbranched alkanes of at least 4 members (excludes halogenated alkanes) is 18. The average Bonchev–Trinajstić information content (AvgIpc) is 3.01. The van der Waals surface area contributed by atoms with Crippen LogP contribution in [0.4, 0.5) is 0 Å². The van der Waals surface area contributed by atoms with Crippen molar-refractivity contribution in [2.45, 2.75) is 148 Å². The quantitative estimate of drug-likeness (QED) is 0.0708. The molecule has 1 aromatic carbocycles. The maximum absolute atomic E-state index is 13.0. The van der Waals surface area contributed by atoms with Crippen LogP contribution in [0, 0.1) is 0 Å². The summed E-state index contributed by atoms with van der Waals surface area (Å²) in [5.74, 6) is 0.596. The number of ether oxygens (including phenoxy) is 2. The molecule has 1 rings (SSSR count). The lowest BCUT2D eigenvalue weighted by atomic mass is 10.0. The van der Waals surface area contributed by atoms with E-state index in [9.17, 15) is 20.1 Å². The summed E-state index contributed by atoms with van der Waals surface area (Å²) in [6.45, 7) is 3.88. The van der Waals surface area contributed by atoms with Gasteiger partial charge in [0.2, 0.25) is 0 Å². The van der Waals surface area contributed by atoms with Crippen LogP contribution in [-0.4, -0.2) is 59.8 Å². The Bertz CT molecular complexity index is 730. The number of carbonyl (C=O) groups is 1. The molecule has 0 radical (unpaired) electrons. The monoisotopic (exact) mass is 593 g/mol. The summed E-state index contributed by atoms with van der Waals surface area (Å²) in [5, 5.41) is 31.5. The first-order valence-corrected chi connectivity index (χ1v) is 17.1. The van der Waals surface area contributed by atoms with Gasteiger partial charge in [-0.1, -0.05) is 129 Å². The Morgan fingerprint density at radius 3 is 1.24 bits per heavy atom. The fourth-order valence-corrected chi connectivity index (χ4v) is 5.01. The predicted molar refractivity (Wildman–Crippen MR) is 173 cm³/mol. The fraction of sp³-hybridized carbons (Fsp3) is 0.800. The summed E-state index contributed by atoms with van der Waals surface area (Å²) in [7, 11) is 0. The van der Waals surface area contributed by atoms with E-state index in [-0.39, 0.29) is 0 Å². The molecule has 1 amide bonds. The molecule has 0 aliphatic carbocycles. The van der Waals surface area contributed by atoms with E-state index >= 15 is 0 Å². The van der Waals surface area contributed by atoms with Crippen LogP contribution in [0.5, 0.6) is 11.5 Å². The van der Waals surface area contributed by atoms with Crippen molar-refractivity contribution in [3.63, 3.8) is 0 Å². The molecule has 0 aliphatic rings. The number of rotatable bonds is 29. The van der Waals surface area contributed by atoms with Crippen LogP contribution in [-0.2, 0) is 0 Å². The summed E-state index contributed by atoms with van der Waals surface area (Å²) in [6.07, 6.45) is 25.0. The Kier molecular flexibility index (Phi) is 23.3. The summed E-state index contributed by atoms with van der Waals surface area (Å²) in [4.78, 5) is 13.0. The number of aliphatic hydroxyl groups excluding tert-OH is 3. The smallest absolute Gasteiger partial charge is 0.252 e. The van der Waals surface area contributed by atoms with E-state index in [0.29, 0.717) is 30.3 Å². The standard InChI is InChI=1S/C35H63NO6/c1-3-5-7-9-11-13-15-17-19-21-23-41-32-25-31(34(40)36-35(28-37,29-38)30-39)26-33(27-32)42-24-22-20-18-16-14-12-10-8-6-4-2/h25-27,37-39H,3-24,28-30H2,1-2H3,(H,36,40). The number of nitrogens with one attached hydrogen (secondary N) is 1. The predicted octanol–water partition coefficient (Wildman–Crippen LogP) is 7.73. The van der Waals surface area contributed by atoms with Crippen molar-refractivity contribution in [3.8, 4) is 11.5 Å². The molecule has 0 aromatic heterocycles. The third kappa shape index (κ3) is 18.0. The maximum atomic E-state index is 13.0. The van der Waals surface area contributed by atoms with Gasteiger partial charge < -0.3 is 30.1 Å². The van der Waals surface area contributed by atoms with Gasteiger partial charge in [-0.15, -0.1) is 0 Å². The van der Waals surface area contributed by atoms with E-state index in [4.69, 9.17) is 9.47 Å². The van der Waals surface area contributed by atoms with Gasteiger partial charge in [0, 0.05) is 11.6 Å². The molecule has 1 aromatic rings. The molecule has 4 N–H and O–H groups in total. The molecule has 0 unspecified atom stereocenters. The van der Waals surface area contributed by atoms with Crippen LogP contribution >= 0.6 is 0 Å². The van der Waals surface area contributed by atoms with Crippen LogP contribution in [0.3, 0.4) is 0 Å².